The van der Waals surface area contributed by atoms with Gasteiger partial charge in [0.05, 0.1) is 12.2 Å². The summed E-state index contributed by atoms with van der Waals surface area (Å²) in [4.78, 5) is 27.9. The number of amides is 2. The van der Waals surface area contributed by atoms with Crippen molar-refractivity contribution in [2.45, 2.75) is 45.4 Å². The molecule has 2 aliphatic rings. The third-order valence-electron chi connectivity index (χ3n) is 6.80. The van der Waals surface area contributed by atoms with Gasteiger partial charge < -0.3 is 15.0 Å². The van der Waals surface area contributed by atoms with E-state index in [-0.39, 0.29) is 17.2 Å². The molecule has 0 unspecified atom stereocenters. The molecule has 2 aromatic carbocycles. The van der Waals surface area contributed by atoms with Crippen LogP contribution in [0.2, 0.25) is 5.02 Å². The number of nitrogens with zero attached hydrogens (tertiary/aromatic N) is 1. The Kier molecular flexibility index (Phi) is 7.04. The minimum atomic E-state index is -0.152. The standard InChI is InChI=1S/C26H31ClN2O3/c1-19-6-5-7-20(16-19)25(31)29-13-11-26(12-14-29)10-3-2-4-15-32-23-9-8-21(27)17-22(23)24(30)28-18-26/h5-9,16-17H,2-4,10-15,18H2,1H3,(H,28,30). The van der Waals surface area contributed by atoms with Gasteiger partial charge in [-0.2, -0.15) is 0 Å². The quantitative estimate of drug-likeness (QED) is 0.639. The lowest BCUT2D eigenvalue weighted by molar-refractivity contribution is 0.0533. The van der Waals surface area contributed by atoms with Crippen LogP contribution < -0.4 is 10.1 Å². The number of carbonyl (C=O) groups is 2. The molecule has 2 heterocycles. The normalized spacial score (nSPS) is 19.2. The van der Waals surface area contributed by atoms with Crippen molar-refractivity contribution in [2.75, 3.05) is 26.2 Å². The summed E-state index contributed by atoms with van der Waals surface area (Å²) in [7, 11) is 0. The van der Waals surface area contributed by atoms with Crippen LogP contribution in [0.3, 0.4) is 0 Å². The molecular formula is C26H31ClN2O3. The molecule has 2 aromatic rings. The zero-order valence-corrected chi connectivity index (χ0v) is 19.4. The van der Waals surface area contributed by atoms with E-state index < -0.39 is 0 Å². The van der Waals surface area contributed by atoms with Gasteiger partial charge >= 0.3 is 0 Å². The first-order valence-corrected chi connectivity index (χ1v) is 11.9. The van der Waals surface area contributed by atoms with E-state index in [0.29, 0.717) is 42.6 Å². The second kappa shape index (κ2) is 9.95. The number of likely N-dealkylation sites (tertiary alicyclic amines) is 1. The maximum atomic E-state index is 13.0. The highest BCUT2D eigenvalue weighted by atomic mass is 35.5. The van der Waals surface area contributed by atoms with E-state index in [1.807, 2.05) is 36.1 Å². The lowest BCUT2D eigenvalue weighted by Gasteiger charge is -2.42. The molecule has 5 nitrogen and oxygen atoms in total. The topological polar surface area (TPSA) is 58.6 Å². The lowest BCUT2D eigenvalue weighted by Crippen LogP contribution is -2.48. The third kappa shape index (κ3) is 5.26. The minimum Gasteiger partial charge on any atom is -0.493 e. The summed E-state index contributed by atoms with van der Waals surface area (Å²) in [5, 5.41) is 3.67. The van der Waals surface area contributed by atoms with Crippen molar-refractivity contribution >= 4 is 23.4 Å². The number of halogens is 1. The highest BCUT2D eigenvalue weighted by molar-refractivity contribution is 6.31. The second-order valence-electron chi connectivity index (χ2n) is 9.14. The fraction of sp³-hybridized carbons (Fsp3) is 0.462. The predicted molar refractivity (Wildman–Crippen MR) is 126 cm³/mol. The molecule has 6 heteroatoms. The predicted octanol–water partition coefficient (Wildman–Crippen LogP) is 5.25. The van der Waals surface area contributed by atoms with Crippen LogP contribution in [0, 0.1) is 12.3 Å². The smallest absolute Gasteiger partial charge is 0.255 e. The van der Waals surface area contributed by atoms with Gasteiger partial charge in [-0.3, -0.25) is 9.59 Å². The van der Waals surface area contributed by atoms with Crippen LogP contribution in [-0.4, -0.2) is 43.0 Å². The Balaban J connectivity index is 1.46. The number of carbonyl (C=O) groups excluding carboxylic acids is 2. The Morgan fingerprint density at radius 2 is 1.88 bits per heavy atom. The Morgan fingerprint density at radius 1 is 1.06 bits per heavy atom. The SMILES string of the molecule is Cc1cccc(C(=O)N2CCC3(CCCCCOc4ccc(Cl)cc4C(=O)NC3)CC2)c1. The molecule has 170 valence electrons. The molecule has 1 N–H and O–H groups in total. The van der Waals surface area contributed by atoms with Gasteiger partial charge in [0.15, 0.2) is 0 Å². The zero-order valence-electron chi connectivity index (χ0n) is 18.7. The van der Waals surface area contributed by atoms with Gasteiger partial charge in [-0.25, -0.2) is 0 Å². The van der Waals surface area contributed by atoms with Gasteiger partial charge in [-0.1, -0.05) is 42.1 Å². The van der Waals surface area contributed by atoms with E-state index in [1.165, 1.54) is 0 Å². The van der Waals surface area contributed by atoms with Gasteiger partial charge in [0.1, 0.15) is 5.75 Å². The summed E-state index contributed by atoms with van der Waals surface area (Å²) >= 11 is 6.14. The minimum absolute atomic E-state index is 0.0117. The van der Waals surface area contributed by atoms with Crippen LogP contribution in [0.1, 0.15) is 64.8 Å². The summed E-state index contributed by atoms with van der Waals surface area (Å²) < 4.78 is 5.85. The zero-order chi connectivity index (χ0) is 22.6. The fourth-order valence-electron chi connectivity index (χ4n) is 4.79. The van der Waals surface area contributed by atoms with Crippen molar-refractivity contribution in [1.82, 2.24) is 10.2 Å². The first kappa shape index (κ1) is 22.7. The van der Waals surface area contributed by atoms with Crippen molar-refractivity contribution in [3.63, 3.8) is 0 Å². The van der Waals surface area contributed by atoms with E-state index in [2.05, 4.69) is 5.32 Å². The molecule has 0 atom stereocenters. The van der Waals surface area contributed by atoms with E-state index in [1.54, 1.807) is 18.2 Å². The molecule has 2 aliphatic heterocycles. The number of aryl methyl sites for hydroxylation is 1. The summed E-state index contributed by atoms with van der Waals surface area (Å²) in [6.45, 7) is 4.63. The monoisotopic (exact) mass is 454 g/mol. The molecule has 0 bridgehead atoms. The summed E-state index contributed by atoms with van der Waals surface area (Å²) in [5.41, 5.74) is 2.34. The van der Waals surface area contributed by atoms with Gasteiger partial charge in [0, 0.05) is 30.2 Å². The van der Waals surface area contributed by atoms with Gasteiger partial charge in [-0.05, 0) is 68.4 Å². The molecule has 1 spiro atoms. The average Bonchev–Trinajstić information content (AvgIpc) is 2.80. The van der Waals surface area contributed by atoms with E-state index >= 15 is 0 Å². The molecule has 1 fully saturated rings. The molecule has 2 amide bonds. The van der Waals surface area contributed by atoms with Crippen LogP contribution in [-0.2, 0) is 0 Å². The third-order valence-corrected chi connectivity index (χ3v) is 7.03. The number of ether oxygens (including phenoxy) is 1. The van der Waals surface area contributed by atoms with Crippen molar-refractivity contribution in [2.24, 2.45) is 5.41 Å². The largest absolute Gasteiger partial charge is 0.493 e. The van der Waals surface area contributed by atoms with Crippen LogP contribution in [0.5, 0.6) is 5.75 Å². The summed E-state index contributed by atoms with van der Waals surface area (Å²) in [6, 6.07) is 13.0. The highest BCUT2D eigenvalue weighted by Crippen LogP contribution is 2.37. The fourth-order valence-corrected chi connectivity index (χ4v) is 4.96. The molecule has 0 saturated carbocycles. The number of hydrogen-bond acceptors (Lipinski definition) is 3. The molecule has 32 heavy (non-hydrogen) atoms. The number of hydrogen-bond donors (Lipinski definition) is 1. The number of benzene rings is 2. The second-order valence-corrected chi connectivity index (χ2v) is 9.58. The number of nitrogens with one attached hydrogen (secondary N) is 1. The Morgan fingerprint density at radius 3 is 2.66 bits per heavy atom. The number of fused-ring (bicyclic) bond motifs is 1. The maximum absolute atomic E-state index is 13.0. The molecule has 0 aliphatic carbocycles. The van der Waals surface area contributed by atoms with E-state index in [9.17, 15) is 9.59 Å². The first-order chi connectivity index (χ1) is 15.5. The van der Waals surface area contributed by atoms with Crippen LogP contribution in [0.25, 0.3) is 0 Å². The van der Waals surface area contributed by atoms with Crippen molar-refractivity contribution in [3.05, 3.63) is 64.2 Å². The molecule has 4 rings (SSSR count). The van der Waals surface area contributed by atoms with E-state index in [4.69, 9.17) is 16.3 Å². The average molecular weight is 455 g/mol. The summed E-state index contributed by atoms with van der Waals surface area (Å²) in [6.07, 6.45) is 5.97. The molecule has 1 saturated heterocycles. The van der Waals surface area contributed by atoms with Crippen LogP contribution >= 0.6 is 11.6 Å². The first-order valence-electron chi connectivity index (χ1n) is 11.5. The van der Waals surface area contributed by atoms with Crippen molar-refractivity contribution in [3.8, 4) is 5.75 Å². The highest BCUT2D eigenvalue weighted by Gasteiger charge is 2.36. The van der Waals surface area contributed by atoms with Gasteiger partial charge in [0.2, 0.25) is 0 Å². The molecule has 0 radical (unpaired) electrons. The van der Waals surface area contributed by atoms with Crippen LogP contribution in [0.4, 0.5) is 0 Å². The van der Waals surface area contributed by atoms with E-state index in [0.717, 1.165) is 49.7 Å². The van der Waals surface area contributed by atoms with Gasteiger partial charge in [0.25, 0.3) is 11.8 Å². The van der Waals surface area contributed by atoms with Gasteiger partial charge in [-0.15, -0.1) is 0 Å². The van der Waals surface area contributed by atoms with Crippen molar-refractivity contribution < 1.29 is 14.3 Å². The maximum Gasteiger partial charge on any atom is 0.255 e. The Bertz CT molecular complexity index is 983. The molecular weight excluding hydrogens is 424 g/mol. The Labute approximate surface area is 195 Å². The van der Waals surface area contributed by atoms with Crippen LogP contribution in [0.15, 0.2) is 42.5 Å². The Hall–Kier alpha value is -2.53. The lowest BCUT2D eigenvalue weighted by atomic mass is 9.74. The summed E-state index contributed by atoms with van der Waals surface area (Å²) in [5.74, 6) is 0.530. The molecule has 0 aromatic heterocycles. The van der Waals surface area contributed by atoms with Crippen molar-refractivity contribution in [1.29, 1.82) is 0 Å². The number of rotatable bonds is 1. The number of piperidine rings is 1.